The average molecular weight is 352 g/mol. The van der Waals surface area contributed by atoms with E-state index in [1.54, 1.807) is 12.3 Å². The average Bonchev–Trinajstić information content (AvgIpc) is 2.63. The number of halogens is 1. The first-order valence-electron chi connectivity index (χ1n) is 7.93. The molecule has 0 unspecified atom stereocenters. The van der Waals surface area contributed by atoms with Crippen LogP contribution in [0.1, 0.15) is 21.6 Å². The molecule has 3 rings (SSSR count). The van der Waals surface area contributed by atoms with E-state index in [1.807, 2.05) is 61.5 Å². The minimum atomic E-state index is -0.232. The van der Waals surface area contributed by atoms with Crippen molar-refractivity contribution >= 4 is 28.9 Å². The first kappa shape index (κ1) is 17.0. The highest BCUT2D eigenvalue weighted by molar-refractivity contribution is 6.30. The Labute approximate surface area is 151 Å². The molecule has 0 radical (unpaired) electrons. The number of carbonyl (C=O) groups excluding carboxylic acids is 1. The van der Waals surface area contributed by atoms with Crippen molar-refractivity contribution in [3.63, 3.8) is 0 Å². The molecule has 0 aliphatic carbocycles. The Balaban J connectivity index is 1.67. The van der Waals surface area contributed by atoms with Crippen molar-refractivity contribution in [3.8, 4) is 0 Å². The van der Waals surface area contributed by atoms with Crippen LogP contribution in [0.15, 0.2) is 66.9 Å². The molecule has 1 amide bonds. The number of aromatic nitrogens is 1. The maximum Gasteiger partial charge on any atom is 0.274 e. The number of nitrogens with zero attached hydrogens (tertiary/aromatic N) is 1. The maximum absolute atomic E-state index is 12.4. The molecule has 0 fully saturated rings. The van der Waals surface area contributed by atoms with Crippen LogP contribution in [-0.2, 0) is 6.54 Å². The van der Waals surface area contributed by atoms with E-state index in [1.165, 1.54) is 0 Å². The van der Waals surface area contributed by atoms with Gasteiger partial charge in [0.05, 0.1) is 0 Å². The SMILES string of the molecule is Cc1ccccc1NC(=O)c1cc(NCc2ccc(Cl)cc2)ccn1. The molecule has 1 heterocycles. The zero-order chi connectivity index (χ0) is 17.6. The monoisotopic (exact) mass is 351 g/mol. The van der Waals surface area contributed by atoms with E-state index < -0.39 is 0 Å². The van der Waals surface area contributed by atoms with Crippen molar-refractivity contribution in [2.24, 2.45) is 0 Å². The molecule has 3 aromatic rings. The lowest BCUT2D eigenvalue weighted by molar-refractivity contribution is 0.102. The molecule has 0 atom stereocenters. The van der Waals surface area contributed by atoms with Crippen LogP contribution in [0, 0.1) is 6.92 Å². The fraction of sp³-hybridized carbons (Fsp3) is 0.100. The Hall–Kier alpha value is -2.85. The van der Waals surface area contributed by atoms with Gasteiger partial charge in [-0.2, -0.15) is 0 Å². The largest absolute Gasteiger partial charge is 0.381 e. The third-order valence-electron chi connectivity index (χ3n) is 3.80. The number of para-hydroxylation sites is 1. The van der Waals surface area contributed by atoms with Crippen LogP contribution >= 0.6 is 11.6 Å². The van der Waals surface area contributed by atoms with Gasteiger partial charge in [0.15, 0.2) is 0 Å². The summed E-state index contributed by atoms with van der Waals surface area (Å²) in [6, 6.07) is 18.8. The summed E-state index contributed by atoms with van der Waals surface area (Å²) in [6.45, 7) is 2.59. The topological polar surface area (TPSA) is 54.0 Å². The third kappa shape index (κ3) is 4.58. The van der Waals surface area contributed by atoms with Crippen molar-refractivity contribution < 1.29 is 4.79 Å². The maximum atomic E-state index is 12.4. The molecule has 0 spiro atoms. The summed E-state index contributed by atoms with van der Waals surface area (Å²) in [5.41, 5.74) is 4.10. The van der Waals surface area contributed by atoms with Gasteiger partial charge in [0.1, 0.15) is 5.69 Å². The number of hydrogen-bond acceptors (Lipinski definition) is 3. The predicted molar refractivity (Wildman–Crippen MR) is 102 cm³/mol. The number of carbonyl (C=O) groups is 1. The molecule has 2 N–H and O–H groups in total. The third-order valence-corrected chi connectivity index (χ3v) is 4.05. The molecule has 5 heteroatoms. The summed E-state index contributed by atoms with van der Waals surface area (Å²) in [4.78, 5) is 16.6. The number of pyridine rings is 1. The number of anilines is 2. The molecular weight excluding hydrogens is 334 g/mol. The van der Waals surface area contributed by atoms with Crippen molar-refractivity contribution in [3.05, 3.63) is 88.7 Å². The van der Waals surface area contributed by atoms with Crippen LogP contribution in [0.3, 0.4) is 0 Å². The van der Waals surface area contributed by atoms with Gasteiger partial charge in [-0.25, -0.2) is 0 Å². The van der Waals surface area contributed by atoms with Crippen LogP contribution in [-0.4, -0.2) is 10.9 Å². The fourth-order valence-corrected chi connectivity index (χ4v) is 2.50. The molecule has 0 bridgehead atoms. The number of rotatable bonds is 5. The van der Waals surface area contributed by atoms with E-state index in [0.29, 0.717) is 17.3 Å². The molecule has 25 heavy (non-hydrogen) atoms. The lowest BCUT2D eigenvalue weighted by atomic mass is 10.2. The van der Waals surface area contributed by atoms with Gasteiger partial charge in [0.25, 0.3) is 5.91 Å². The van der Waals surface area contributed by atoms with Crippen molar-refractivity contribution in [2.75, 3.05) is 10.6 Å². The van der Waals surface area contributed by atoms with E-state index in [0.717, 1.165) is 22.5 Å². The second kappa shape index (κ2) is 7.81. The molecule has 1 aromatic heterocycles. The predicted octanol–water partition coefficient (Wildman–Crippen LogP) is 4.91. The Bertz CT molecular complexity index is 878. The molecule has 0 saturated heterocycles. The quantitative estimate of drug-likeness (QED) is 0.686. The molecule has 2 aromatic carbocycles. The normalized spacial score (nSPS) is 10.3. The van der Waals surface area contributed by atoms with Gasteiger partial charge in [-0.15, -0.1) is 0 Å². The highest BCUT2D eigenvalue weighted by Gasteiger charge is 2.09. The Kier molecular flexibility index (Phi) is 5.31. The first-order valence-corrected chi connectivity index (χ1v) is 8.31. The van der Waals surface area contributed by atoms with E-state index in [2.05, 4.69) is 15.6 Å². The Morgan fingerprint density at radius 3 is 2.60 bits per heavy atom. The van der Waals surface area contributed by atoms with Gasteiger partial charge in [-0.05, 0) is 48.4 Å². The standard InChI is InChI=1S/C20H18ClN3O/c1-14-4-2-3-5-18(14)24-20(25)19-12-17(10-11-22-19)23-13-15-6-8-16(21)9-7-15/h2-12H,13H2,1H3,(H,22,23)(H,24,25). The second-order valence-electron chi connectivity index (χ2n) is 5.68. The minimum absolute atomic E-state index is 0.232. The number of nitrogens with one attached hydrogen (secondary N) is 2. The summed E-state index contributed by atoms with van der Waals surface area (Å²) < 4.78 is 0. The summed E-state index contributed by atoms with van der Waals surface area (Å²) in [7, 11) is 0. The van der Waals surface area contributed by atoms with Gasteiger partial charge in [-0.1, -0.05) is 41.9 Å². The summed E-state index contributed by atoms with van der Waals surface area (Å²) in [5.74, 6) is -0.232. The highest BCUT2D eigenvalue weighted by atomic mass is 35.5. The molecule has 126 valence electrons. The summed E-state index contributed by atoms with van der Waals surface area (Å²) in [5, 5.41) is 6.89. The van der Waals surface area contributed by atoms with Crippen molar-refractivity contribution in [2.45, 2.75) is 13.5 Å². The van der Waals surface area contributed by atoms with Gasteiger partial charge < -0.3 is 10.6 Å². The fourth-order valence-electron chi connectivity index (χ4n) is 2.37. The summed E-state index contributed by atoms with van der Waals surface area (Å²) in [6.07, 6.45) is 1.62. The summed E-state index contributed by atoms with van der Waals surface area (Å²) >= 11 is 5.89. The van der Waals surface area contributed by atoms with Crippen LogP contribution in [0.2, 0.25) is 5.02 Å². The van der Waals surface area contributed by atoms with E-state index in [-0.39, 0.29) is 5.91 Å². The van der Waals surface area contributed by atoms with Crippen LogP contribution in [0.5, 0.6) is 0 Å². The lowest BCUT2D eigenvalue weighted by Crippen LogP contribution is -2.14. The van der Waals surface area contributed by atoms with Gasteiger partial charge >= 0.3 is 0 Å². The number of benzene rings is 2. The second-order valence-corrected chi connectivity index (χ2v) is 6.12. The van der Waals surface area contributed by atoms with E-state index in [4.69, 9.17) is 11.6 Å². The van der Waals surface area contributed by atoms with Crippen LogP contribution in [0.4, 0.5) is 11.4 Å². The molecule has 0 saturated carbocycles. The zero-order valence-electron chi connectivity index (χ0n) is 13.8. The molecule has 4 nitrogen and oxygen atoms in total. The van der Waals surface area contributed by atoms with Gasteiger partial charge in [-0.3, -0.25) is 9.78 Å². The van der Waals surface area contributed by atoms with Gasteiger partial charge in [0, 0.05) is 29.1 Å². The van der Waals surface area contributed by atoms with Gasteiger partial charge in [0.2, 0.25) is 0 Å². The van der Waals surface area contributed by atoms with E-state index in [9.17, 15) is 4.79 Å². The number of amides is 1. The molecule has 0 aliphatic heterocycles. The highest BCUT2D eigenvalue weighted by Crippen LogP contribution is 2.16. The smallest absolute Gasteiger partial charge is 0.274 e. The first-order chi connectivity index (χ1) is 12.1. The minimum Gasteiger partial charge on any atom is -0.381 e. The van der Waals surface area contributed by atoms with Crippen LogP contribution < -0.4 is 10.6 Å². The molecular formula is C20H18ClN3O. The molecule has 0 aliphatic rings. The van der Waals surface area contributed by atoms with E-state index >= 15 is 0 Å². The lowest BCUT2D eigenvalue weighted by Gasteiger charge is -2.10. The Morgan fingerprint density at radius 2 is 1.84 bits per heavy atom. The van der Waals surface area contributed by atoms with Crippen LogP contribution in [0.25, 0.3) is 0 Å². The number of aryl methyl sites for hydroxylation is 1. The van der Waals surface area contributed by atoms with Crippen molar-refractivity contribution in [1.29, 1.82) is 0 Å². The zero-order valence-corrected chi connectivity index (χ0v) is 14.5. The van der Waals surface area contributed by atoms with Crippen molar-refractivity contribution in [1.82, 2.24) is 4.98 Å². The number of hydrogen-bond donors (Lipinski definition) is 2. The Morgan fingerprint density at radius 1 is 1.08 bits per heavy atom.